The summed E-state index contributed by atoms with van der Waals surface area (Å²) in [6.45, 7) is 6.39. The summed E-state index contributed by atoms with van der Waals surface area (Å²) >= 11 is 1.73. The van der Waals surface area contributed by atoms with Gasteiger partial charge in [0.2, 0.25) is 5.95 Å². The van der Waals surface area contributed by atoms with Crippen molar-refractivity contribution in [3.63, 3.8) is 0 Å². The second kappa shape index (κ2) is 9.13. The molecule has 174 valence electrons. The number of nitrogen functional groups attached to an aromatic ring is 1. The Morgan fingerprint density at radius 2 is 1.44 bits per heavy atom. The lowest BCUT2D eigenvalue weighted by Gasteiger charge is -2.28. The lowest BCUT2D eigenvalue weighted by atomic mass is 10.1. The van der Waals surface area contributed by atoms with E-state index in [4.69, 9.17) is 25.2 Å². The third-order valence-electron chi connectivity index (χ3n) is 6.12. The molecule has 2 fully saturated rings. The van der Waals surface area contributed by atoms with Crippen LogP contribution in [-0.4, -0.2) is 72.5 Å². The second-order valence-electron chi connectivity index (χ2n) is 8.27. The predicted octanol–water partition coefficient (Wildman–Crippen LogP) is 3.07. The van der Waals surface area contributed by atoms with Gasteiger partial charge in [-0.3, -0.25) is 0 Å². The van der Waals surface area contributed by atoms with E-state index in [9.17, 15) is 0 Å². The molecule has 6 rings (SSSR count). The van der Waals surface area contributed by atoms with Gasteiger partial charge in [0.15, 0.2) is 11.6 Å². The van der Waals surface area contributed by atoms with E-state index < -0.39 is 0 Å². The Morgan fingerprint density at radius 3 is 2.12 bits per heavy atom. The summed E-state index contributed by atoms with van der Waals surface area (Å²) in [4.78, 5) is 23.8. The van der Waals surface area contributed by atoms with Gasteiger partial charge >= 0.3 is 0 Å². The van der Waals surface area contributed by atoms with Crippen molar-refractivity contribution < 1.29 is 9.47 Å². The fourth-order valence-corrected chi connectivity index (χ4v) is 5.41. The molecule has 0 spiro atoms. The maximum Gasteiger partial charge on any atom is 0.219 e. The van der Waals surface area contributed by atoms with Crippen molar-refractivity contribution >= 4 is 39.0 Å². The molecule has 0 aliphatic carbocycles. The number of anilines is 3. The summed E-state index contributed by atoms with van der Waals surface area (Å²) in [5, 5.41) is 0. The van der Waals surface area contributed by atoms with Crippen molar-refractivity contribution in [2.45, 2.75) is 0 Å². The minimum absolute atomic E-state index is 0.233. The number of aromatic nitrogens is 4. The number of benzene rings is 1. The lowest BCUT2D eigenvalue weighted by molar-refractivity contribution is 0.122. The van der Waals surface area contributed by atoms with E-state index in [0.29, 0.717) is 19.0 Å². The first kappa shape index (κ1) is 21.2. The molecule has 1 aromatic carbocycles. The van der Waals surface area contributed by atoms with Gasteiger partial charge in [-0.1, -0.05) is 12.1 Å². The molecular formula is C24H25N7O2S. The zero-order chi connectivity index (χ0) is 22.9. The molecule has 2 saturated heterocycles. The zero-order valence-electron chi connectivity index (χ0n) is 18.7. The SMILES string of the molecule is Nc1ncc(-c2nc(N3CCOCC3)c3sc(-c4ccc(N5CCOCC5)cc4)cc3n2)cn1. The zero-order valence-corrected chi connectivity index (χ0v) is 19.5. The lowest BCUT2D eigenvalue weighted by Crippen LogP contribution is -2.36. The molecule has 2 aliphatic rings. The van der Waals surface area contributed by atoms with Crippen molar-refractivity contribution in [2.75, 3.05) is 68.1 Å². The number of hydrogen-bond donors (Lipinski definition) is 1. The van der Waals surface area contributed by atoms with Crippen LogP contribution < -0.4 is 15.5 Å². The third kappa shape index (κ3) is 4.15. The average Bonchev–Trinajstić information content (AvgIpc) is 3.34. The highest BCUT2D eigenvalue weighted by Gasteiger charge is 2.21. The molecule has 2 N–H and O–H groups in total. The predicted molar refractivity (Wildman–Crippen MR) is 134 cm³/mol. The van der Waals surface area contributed by atoms with E-state index in [1.165, 1.54) is 11.3 Å². The molecule has 2 aliphatic heterocycles. The monoisotopic (exact) mass is 475 g/mol. The van der Waals surface area contributed by atoms with Crippen LogP contribution in [0.25, 0.3) is 32.0 Å². The Bertz CT molecular complexity index is 1280. The summed E-state index contributed by atoms with van der Waals surface area (Å²) in [5.41, 5.74) is 9.74. The van der Waals surface area contributed by atoms with Crippen LogP contribution in [0.5, 0.6) is 0 Å². The Hall–Kier alpha value is -3.34. The second-order valence-corrected chi connectivity index (χ2v) is 9.32. The number of morpholine rings is 2. The van der Waals surface area contributed by atoms with E-state index in [0.717, 1.165) is 65.9 Å². The van der Waals surface area contributed by atoms with Gasteiger partial charge in [0.1, 0.15) is 0 Å². The molecule has 0 saturated carbocycles. The number of ether oxygens (including phenoxy) is 2. The van der Waals surface area contributed by atoms with Crippen LogP contribution in [-0.2, 0) is 9.47 Å². The molecule has 0 radical (unpaired) electrons. The van der Waals surface area contributed by atoms with Crippen molar-refractivity contribution in [3.8, 4) is 21.8 Å². The number of thiophene rings is 1. The Labute approximate surface area is 201 Å². The molecule has 0 bridgehead atoms. The number of nitrogens with zero attached hydrogens (tertiary/aromatic N) is 6. The van der Waals surface area contributed by atoms with E-state index in [1.807, 2.05) is 0 Å². The maximum absolute atomic E-state index is 5.68. The molecule has 0 amide bonds. The topological polar surface area (TPSA) is 103 Å². The van der Waals surface area contributed by atoms with Crippen molar-refractivity contribution in [1.82, 2.24) is 19.9 Å². The van der Waals surface area contributed by atoms with Crippen LogP contribution >= 0.6 is 11.3 Å². The molecule has 9 nitrogen and oxygen atoms in total. The highest BCUT2D eigenvalue weighted by molar-refractivity contribution is 7.22. The van der Waals surface area contributed by atoms with Crippen LogP contribution in [0, 0.1) is 0 Å². The third-order valence-corrected chi connectivity index (χ3v) is 7.29. The molecule has 4 aromatic rings. The van der Waals surface area contributed by atoms with Gasteiger partial charge in [0.25, 0.3) is 0 Å². The molecule has 5 heterocycles. The average molecular weight is 476 g/mol. The Kier molecular flexibility index (Phi) is 5.69. The minimum Gasteiger partial charge on any atom is -0.378 e. The quantitative estimate of drug-likeness (QED) is 0.477. The van der Waals surface area contributed by atoms with Crippen molar-refractivity contribution in [2.24, 2.45) is 0 Å². The molecule has 0 unspecified atom stereocenters. The standard InChI is InChI=1S/C24H25N7O2S/c25-24-26-14-17(15-27-24)22-28-19-13-20(34-21(19)23(29-22)31-7-11-33-12-8-31)16-1-3-18(4-2-16)30-5-9-32-10-6-30/h1-4,13-15H,5-12H2,(H2,25,26,27). The Morgan fingerprint density at radius 1 is 0.794 bits per heavy atom. The minimum atomic E-state index is 0.233. The summed E-state index contributed by atoms with van der Waals surface area (Å²) in [5.74, 6) is 1.76. The van der Waals surface area contributed by atoms with Crippen molar-refractivity contribution in [1.29, 1.82) is 0 Å². The van der Waals surface area contributed by atoms with Crippen LogP contribution in [0.1, 0.15) is 0 Å². The normalized spacial score (nSPS) is 16.8. The molecule has 10 heteroatoms. The first-order valence-electron chi connectivity index (χ1n) is 11.4. The fraction of sp³-hybridized carbons (Fsp3) is 0.333. The van der Waals surface area contributed by atoms with Gasteiger partial charge in [-0.15, -0.1) is 11.3 Å². The largest absolute Gasteiger partial charge is 0.378 e. The Balaban J connectivity index is 1.39. The number of nitrogens with two attached hydrogens (primary N) is 1. The van der Waals surface area contributed by atoms with E-state index in [2.05, 4.69) is 50.1 Å². The number of fused-ring (bicyclic) bond motifs is 1. The van der Waals surface area contributed by atoms with E-state index in [-0.39, 0.29) is 5.95 Å². The summed E-state index contributed by atoms with van der Waals surface area (Å²) in [6.07, 6.45) is 3.34. The summed E-state index contributed by atoms with van der Waals surface area (Å²) < 4.78 is 12.1. The fourth-order valence-electron chi connectivity index (χ4n) is 4.29. The highest BCUT2D eigenvalue weighted by Crippen LogP contribution is 2.39. The number of rotatable bonds is 4. The number of hydrogen-bond acceptors (Lipinski definition) is 10. The van der Waals surface area contributed by atoms with Gasteiger partial charge in [-0.25, -0.2) is 19.9 Å². The molecule has 0 atom stereocenters. The van der Waals surface area contributed by atoms with Crippen LogP contribution in [0.15, 0.2) is 42.7 Å². The van der Waals surface area contributed by atoms with Gasteiger partial charge < -0.3 is 25.0 Å². The van der Waals surface area contributed by atoms with Crippen LogP contribution in [0.2, 0.25) is 0 Å². The summed E-state index contributed by atoms with van der Waals surface area (Å²) in [6, 6.07) is 10.9. The van der Waals surface area contributed by atoms with Gasteiger partial charge in [-0.2, -0.15) is 0 Å². The van der Waals surface area contributed by atoms with Crippen LogP contribution in [0.4, 0.5) is 17.5 Å². The van der Waals surface area contributed by atoms with Crippen LogP contribution in [0.3, 0.4) is 0 Å². The summed E-state index contributed by atoms with van der Waals surface area (Å²) in [7, 11) is 0. The van der Waals surface area contributed by atoms with Gasteiger partial charge in [-0.05, 0) is 23.8 Å². The first-order chi connectivity index (χ1) is 16.7. The smallest absolute Gasteiger partial charge is 0.219 e. The van der Waals surface area contributed by atoms with Gasteiger partial charge in [0.05, 0.1) is 42.2 Å². The van der Waals surface area contributed by atoms with E-state index >= 15 is 0 Å². The molecule has 34 heavy (non-hydrogen) atoms. The van der Waals surface area contributed by atoms with E-state index in [1.54, 1.807) is 23.7 Å². The first-order valence-corrected chi connectivity index (χ1v) is 12.2. The molecular weight excluding hydrogens is 450 g/mol. The maximum atomic E-state index is 5.68. The van der Waals surface area contributed by atoms with Crippen molar-refractivity contribution in [3.05, 3.63) is 42.7 Å². The highest BCUT2D eigenvalue weighted by atomic mass is 32.1. The van der Waals surface area contributed by atoms with Gasteiger partial charge in [0, 0.05) is 49.1 Å². The molecule has 3 aromatic heterocycles.